The van der Waals surface area contributed by atoms with Crippen molar-refractivity contribution in [2.75, 3.05) is 26.7 Å². The minimum Gasteiger partial charge on any atom is -0.317 e. The molecule has 2 aliphatic carbocycles. The van der Waals surface area contributed by atoms with E-state index in [-0.39, 0.29) is 0 Å². The van der Waals surface area contributed by atoms with Gasteiger partial charge in [0.1, 0.15) is 0 Å². The van der Waals surface area contributed by atoms with Crippen molar-refractivity contribution in [2.24, 2.45) is 17.8 Å². The molecule has 0 amide bonds. The van der Waals surface area contributed by atoms with E-state index in [0.29, 0.717) is 0 Å². The van der Waals surface area contributed by atoms with E-state index in [9.17, 15) is 0 Å². The first-order valence-corrected chi connectivity index (χ1v) is 8.26. The van der Waals surface area contributed by atoms with E-state index in [0.717, 1.165) is 23.8 Å². The van der Waals surface area contributed by atoms with Crippen molar-refractivity contribution < 1.29 is 0 Å². The summed E-state index contributed by atoms with van der Waals surface area (Å²) >= 11 is 0. The van der Waals surface area contributed by atoms with Crippen molar-refractivity contribution in [3.05, 3.63) is 0 Å². The number of nitrogens with one attached hydrogen (secondary N) is 1. The lowest BCUT2D eigenvalue weighted by molar-refractivity contribution is 0.217. The first-order chi connectivity index (χ1) is 8.86. The van der Waals surface area contributed by atoms with Gasteiger partial charge < -0.3 is 10.2 Å². The molecule has 1 N–H and O–H groups in total. The smallest absolute Gasteiger partial charge is 0.0104 e. The van der Waals surface area contributed by atoms with E-state index < -0.39 is 0 Å². The monoisotopic (exact) mass is 250 g/mol. The average molecular weight is 250 g/mol. The second-order valence-corrected chi connectivity index (χ2v) is 6.96. The molecular weight excluding hydrogens is 220 g/mol. The summed E-state index contributed by atoms with van der Waals surface area (Å²) in [6, 6.07) is 0.785. The molecule has 2 nitrogen and oxygen atoms in total. The Labute approximate surface area is 113 Å². The molecule has 2 saturated carbocycles. The van der Waals surface area contributed by atoms with Gasteiger partial charge in [-0.1, -0.05) is 25.7 Å². The quantitative estimate of drug-likeness (QED) is 0.775. The Hall–Kier alpha value is -0.0800. The lowest BCUT2D eigenvalue weighted by Gasteiger charge is -2.29. The second-order valence-electron chi connectivity index (χ2n) is 6.96. The summed E-state index contributed by atoms with van der Waals surface area (Å²) in [5.74, 6) is 3.03. The molecule has 1 heterocycles. The first-order valence-electron chi connectivity index (χ1n) is 8.26. The number of nitrogens with zero attached hydrogens (tertiary/aromatic N) is 1. The van der Waals surface area contributed by atoms with Crippen molar-refractivity contribution in [1.29, 1.82) is 0 Å². The third-order valence-electron chi connectivity index (χ3n) is 5.82. The van der Waals surface area contributed by atoms with Crippen LogP contribution in [-0.2, 0) is 0 Å². The molecule has 4 unspecified atom stereocenters. The van der Waals surface area contributed by atoms with Crippen molar-refractivity contribution in [3.63, 3.8) is 0 Å². The maximum Gasteiger partial charge on any atom is 0.0104 e. The van der Waals surface area contributed by atoms with Crippen LogP contribution < -0.4 is 5.32 Å². The number of likely N-dealkylation sites (tertiary alicyclic amines) is 1. The van der Waals surface area contributed by atoms with Gasteiger partial charge in [-0.3, -0.25) is 0 Å². The Morgan fingerprint density at radius 3 is 2.33 bits per heavy atom. The highest BCUT2D eigenvalue weighted by molar-refractivity contribution is 4.90. The minimum atomic E-state index is 0.785. The van der Waals surface area contributed by atoms with Crippen LogP contribution in [0.1, 0.15) is 51.4 Å². The topological polar surface area (TPSA) is 15.3 Å². The molecule has 0 bridgehead atoms. The summed E-state index contributed by atoms with van der Waals surface area (Å²) in [5.41, 5.74) is 0. The Balaban J connectivity index is 1.54. The van der Waals surface area contributed by atoms with Crippen LogP contribution in [0.3, 0.4) is 0 Å². The molecule has 18 heavy (non-hydrogen) atoms. The van der Waals surface area contributed by atoms with Gasteiger partial charge in [0, 0.05) is 25.7 Å². The molecule has 0 spiro atoms. The zero-order valence-electron chi connectivity index (χ0n) is 12.0. The van der Waals surface area contributed by atoms with Gasteiger partial charge in [0.25, 0.3) is 0 Å². The maximum absolute atomic E-state index is 3.59. The number of fused-ring (bicyclic) bond motifs is 1. The molecule has 4 atom stereocenters. The first kappa shape index (κ1) is 12.9. The summed E-state index contributed by atoms with van der Waals surface area (Å²) in [6.07, 6.45) is 11.8. The fourth-order valence-electron chi connectivity index (χ4n) is 4.80. The third-order valence-corrected chi connectivity index (χ3v) is 5.82. The van der Waals surface area contributed by atoms with E-state index in [1.807, 2.05) is 0 Å². The van der Waals surface area contributed by atoms with Gasteiger partial charge in [-0.05, 0) is 50.5 Å². The van der Waals surface area contributed by atoms with Crippen LogP contribution in [0.25, 0.3) is 0 Å². The van der Waals surface area contributed by atoms with Crippen LogP contribution in [0.4, 0.5) is 0 Å². The molecule has 0 aromatic rings. The predicted molar refractivity (Wildman–Crippen MR) is 76.7 cm³/mol. The molecular formula is C16H30N2. The lowest BCUT2D eigenvalue weighted by Crippen LogP contribution is -2.40. The molecule has 104 valence electrons. The molecule has 3 fully saturated rings. The third kappa shape index (κ3) is 2.75. The van der Waals surface area contributed by atoms with Crippen LogP contribution in [0.5, 0.6) is 0 Å². The fourth-order valence-corrected chi connectivity index (χ4v) is 4.80. The zero-order chi connectivity index (χ0) is 12.4. The number of hydrogen-bond donors (Lipinski definition) is 1. The predicted octanol–water partition coefficient (Wildman–Crippen LogP) is 2.89. The second kappa shape index (κ2) is 5.92. The summed E-state index contributed by atoms with van der Waals surface area (Å²) in [4.78, 5) is 2.80. The molecule has 1 saturated heterocycles. The Bertz CT molecular complexity index is 254. The van der Waals surface area contributed by atoms with Crippen LogP contribution in [0, 0.1) is 17.8 Å². The summed E-state index contributed by atoms with van der Waals surface area (Å²) in [6.45, 7) is 4.20. The van der Waals surface area contributed by atoms with Crippen molar-refractivity contribution >= 4 is 0 Å². The highest BCUT2D eigenvalue weighted by Crippen LogP contribution is 2.38. The van der Waals surface area contributed by atoms with Gasteiger partial charge in [-0.2, -0.15) is 0 Å². The van der Waals surface area contributed by atoms with E-state index in [1.165, 1.54) is 71.0 Å². The Morgan fingerprint density at radius 2 is 1.61 bits per heavy atom. The minimum absolute atomic E-state index is 0.785. The van der Waals surface area contributed by atoms with E-state index in [4.69, 9.17) is 0 Å². The van der Waals surface area contributed by atoms with Crippen LogP contribution in [-0.4, -0.2) is 37.6 Å². The Kier molecular flexibility index (Phi) is 4.25. The van der Waals surface area contributed by atoms with Crippen molar-refractivity contribution in [3.8, 4) is 0 Å². The highest BCUT2D eigenvalue weighted by atomic mass is 15.2. The van der Waals surface area contributed by atoms with Gasteiger partial charge >= 0.3 is 0 Å². The highest BCUT2D eigenvalue weighted by Gasteiger charge is 2.37. The van der Waals surface area contributed by atoms with Crippen LogP contribution in [0.15, 0.2) is 0 Å². The molecule has 0 aromatic heterocycles. The summed E-state index contributed by atoms with van der Waals surface area (Å²) < 4.78 is 0. The van der Waals surface area contributed by atoms with E-state index in [1.54, 1.807) is 0 Å². The molecule has 0 aromatic carbocycles. The molecule has 0 radical (unpaired) electrons. The van der Waals surface area contributed by atoms with E-state index in [2.05, 4.69) is 17.3 Å². The van der Waals surface area contributed by atoms with Gasteiger partial charge in [-0.25, -0.2) is 0 Å². The van der Waals surface area contributed by atoms with Gasteiger partial charge in [-0.15, -0.1) is 0 Å². The Morgan fingerprint density at radius 1 is 0.889 bits per heavy atom. The van der Waals surface area contributed by atoms with Gasteiger partial charge in [0.2, 0.25) is 0 Å². The van der Waals surface area contributed by atoms with Crippen molar-refractivity contribution in [2.45, 2.75) is 57.4 Å². The van der Waals surface area contributed by atoms with Crippen LogP contribution >= 0.6 is 0 Å². The standard InChI is InChI=1S/C16H30N2/c1-17-16-9-4-2-3-6-15(16)12-18-10-13-7-5-8-14(13)11-18/h13-17H,2-12H2,1H3. The van der Waals surface area contributed by atoms with Gasteiger partial charge in [0.15, 0.2) is 0 Å². The molecule has 3 aliphatic rings. The molecule has 1 aliphatic heterocycles. The van der Waals surface area contributed by atoms with Crippen LogP contribution in [0.2, 0.25) is 0 Å². The van der Waals surface area contributed by atoms with E-state index >= 15 is 0 Å². The maximum atomic E-state index is 3.59. The lowest BCUT2D eigenvalue weighted by atomic mass is 9.94. The number of hydrogen-bond acceptors (Lipinski definition) is 2. The largest absolute Gasteiger partial charge is 0.317 e. The molecule has 3 rings (SSSR count). The summed E-state index contributed by atoms with van der Waals surface area (Å²) in [7, 11) is 2.17. The number of rotatable bonds is 3. The molecule has 2 heteroatoms. The average Bonchev–Trinajstić information content (AvgIpc) is 2.85. The SMILES string of the molecule is CNC1CCCCCC1CN1CC2CCCC2C1. The fraction of sp³-hybridized carbons (Fsp3) is 1.00. The normalized spacial score (nSPS) is 41.8. The zero-order valence-corrected chi connectivity index (χ0v) is 12.0. The summed E-state index contributed by atoms with van der Waals surface area (Å²) in [5, 5.41) is 3.59. The van der Waals surface area contributed by atoms with Crippen molar-refractivity contribution in [1.82, 2.24) is 10.2 Å². The van der Waals surface area contributed by atoms with Gasteiger partial charge in [0.05, 0.1) is 0 Å².